The Morgan fingerprint density at radius 3 is 2.42 bits per heavy atom. The lowest BCUT2D eigenvalue weighted by atomic mass is 9.81. The van der Waals surface area contributed by atoms with Gasteiger partial charge in [0.1, 0.15) is 6.61 Å². The van der Waals surface area contributed by atoms with Crippen molar-refractivity contribution in [1.29, 1.82) is 0 Å². The van der Waals surface area contributed by atoms with E-state index in [9.17, 15) is 0 Å². The lowest BCUT2D eigenvalue weighted by Crippen LogP contribution is -2.17. The molecule has 2 aliphatic rings. The van der Waals surface area contributed by atoms with E-state index >= 15 is 0 Å². The standard InChI is InChI=1S/C18H30O/c1-3-8-15-10-6-5-7-11-16(9-4-2)18-14-19-13-12-17(15)18/h12-13,15-16H,3-11,14H2,1-2H3. The zero-order valence-electron chi connectivity index (χ0n) is 12.8. The summed E-state index contributed by atoms with van der Waals surface area (Å²) in [6, 6.07) is 0. The van der Waals surface area contributed by atoms with Crippen LogP contribution in [0.3, 0.4) is 0 Å². The van der Waals surface area contributed by atoms with E-state index in [4.69, 9.17) is 4.74 Å². The fraction of sp³-hybridized carbons (Fsp3) is 0.778. The van der Waals surface area contributed by atoms with Crippen molar-refractivity contribution in [2.45, 2.75) is 71.6 Å². The van der Waals surface area contributed by atoms with Crippen molar-refractivity contribution in [2.24, 2.45) is 11.8 Å². The van der Waals surface area contributed by atoms with Crippen LogP contribution in [0.5, 0.6) is 0 Å². The summed E-state index contributed by atoms with van der Waals surface area (Å²) in [6.07, 6.45) is 16.5. The highest BCUT2D eigenvalue weighted by Crippen LogP contribution is 2.37. The Balaban J connectivity index is 2.27. The maximum Gasteiger partial charge on any atom is 0.109 e. The van der Waals surface area contributed by atoms with Crippen molar-refractivity contribution in [3.05, 3.63) is 23.5 Å². The van der Waals surface area contributed by atoms with E-state index < -0.39 is 0 Å². The minimum absolute atomic E-state index is 0.780. The third kappa shape index (κ3) is 3.87. The Morgan fingerprint density at radius 1 is 1.00 bits per heavy atom. The molecule has 1 nitrogen and oxygen atoms in total. The van der Waals surface area contributed by atoms with Gasteiger partial charge in [-0.25, -0.2) is 0 Å². The van der Waals surface area contributed by atoms with Crippen LogP contribution < -0.4 is 0 Å². The van der Waals surface area contributed by atoms with Crippen molar-refractivity contribution < 1.29 is 4.74 Å². The highest BCUT2D eigenvalue weighted by Gasteiger charge is 2.25. The van der Waals surface area contributed by atoms with Crippen LogP contribution >= 0.6 is 0 Å². The molecule has 1 heteroatoms. The van der Waals surface area contributed by atoms with Gasteiger partial charge in [0.15, 0.2) is 0 Å². The molecule has 2 atom stereocenters. The molecule has 2 unspecified atom stereocenters. The molecule has 0 N–H and O–H groups in total. The molecule has 1 heterocycles. The van der Waals surface area contributed by atoms with Gasteiger partial charge in [-0.1, -0.05) is 46.0 Å². The Hall–Kier alpha value is -0.720. The molecule has 19 heavy (non-hydrogen) atoms. The molecule has 0 saturated heterocycles. The number of allylic oxidation sites excluding steroid dienone is 2. The van der Waals surface area contributed by atoms with E-state index in [0.717, 1.165) is 18.4 Å². The van der Waals surface area contributed by atoms with Crippen LogP contribution in [0.25, 0.3) is 0 Å². The summed E-state index contributed by atoms with van der Waals surface area (Å²) in [5, 5.41) is 0. The van der Waals surface area contributed by atoms with Gasteiger partial charge in [-0.3, -0.25) is 0 Å². The average Bonchev–Trinajstić information content (AvgIpc) is 2.51. The second-order valence-electron chi connectivity index (χ2n) is 6.20. The summed E-state index contributed by atoms with van der Waals surface area (Å²) in [7, 11) is 0. The molecule has 0 bridgehead atoms. The molecule has 1 aliphatic heterocycles. The van der Waals surface area contributed by atoms with Crippen LogP contribution in [-0.2, 0) is 4.74 Å². The fourth-order valence-electron chi connectivity index (χ4n) is 3.80. The Kier molecular flexibility index (Phi) is 6.00. The molecule has 0 aromatic heterocycles. The van der Waals surface area contributed by atoms with E-state index in [1.807, 2.05) is 6.26 Å². The Morgan fingerprint density at radius 2 is 1.68 bits per heavy atom. The monoisotopic (exact) mass is 262 g/mol. The highest BCUT2D eigenvalue weighted by atomic mass is 16.5. The van der Waals surface area contributed by atoms with Crippen molar-refractivity contribution in [3.63, 3.8) is 0 Å². The molecular weight excluding hydrogens is 232 g/mol. The SMILES string of the molecule is CCCC1CCCCCC(CCC)C2=C1C=COC2. The van der Waals surface area contributed by atoms with Gasteiger partial charge in [0.25, 0.3) is 0 Å². The van der Waals surface area contributed by atoms with Gasteiger partial charge in [0.2, 0.25) is 0 Å². The van der Waals surface area contributed by atoms with E-state index in [1.165, 1.54) is 57.8 Å². The first kappa shape index (κ1) is 14.7. The minimum Gasteiger partial charge on any atom is -0.497 e. The third-order valence-electron chi connectivity index (χ3n) is 4.77. The number of hydrogen-bond donors (Lipinski definition) is 0. The van der Waals surface area contributed by atoms with Crippen LogP contribution in [0, 0.1) is 11.8 Å². The molecule has 0 radical (unpaired) electrons. The zero-order chi connectivity index (χ0) is 13.5. The summed E-state index contributed by atoms with van der Waals surface area (Å²) in [5.41, 5.74) is 3.29. The van der Waals surface area contributed by atoms with Crippen LogP contribution in [0.4, 0.5) is 0 Å². The summed E-state index contributed by atoms with van der Waals surface area (Å²) in [5.74, 6) is 1.57. The van der Waals surface area contributed by atoms with Crippen molar-refractivity contribution in [1.82, 2.24) is 0 Å². The summed E-state index contributed by atoms with van der Waals surface area (Å²) in [6.45, 7) is 5.49. The minimum atomic E-state index is 0.780. The van der Waals surface area contributed by atoms with Crippen LogP contribution in [0.2, 0.25) is 0 Å². The van der Waals surface area contributed by atoms with Crippen LogP contribution in [-0.4, -0.2) is 6.61 Å². The second kappa shape index (κ2) is 7.77. The Bertz CT molecular complexity index is 327. The van der Waals surface area contributed by atoms with Crippen LogP contribution in [0.15, 0.2) is 23.5 Å². The molecule has 1 aliphatic carbocycles. The van der Waals surface area contributed by atoms with Crippen LogP contribution in [0.1, 0.15) is 71.6 Å². The van der Waals surface area contributed by atoms with Gasteiger partial charge in [0.05, 0.1) is 6.26 Å². The van der Waals surface area contributed by atoms with Gasteiger partial charge in [-0.05, 0) is 54.7 Å². The first-order valence-corrected chi connectivity index (χ1v) is 8.37. The zero-order valence-corrected chi connectivity index (χ0v) is 12.8. The summed E-state index contributed by atoms with van der Waals surface area (Å²) < 4.78 is 5.64. The van der Waals surface area contributed by atoms with E-state index in [0.29, 0.717) is 0 Å². The smallest absolute Gasteiger partial charge is 0.109 e. The maximum absolute atomic E-state index is 5.64. The topological polar surface area (TPSA) is 9.23 Å². The van der Waals surface area contributed by atoms with E-state index in [1.54, 1.807) is 11.1 Å². The predicted octanol–water partition coefficient (Wildman–Crippen LogP) is 5.62. The molecule has 0 amide bonds. The Labute approximate surface area is 119 Å². The normalized spacial score (nSPS) is 28.1. The third-order valence-corrected chi connectivity index (χ3v) is 4.77. The molecular formula is C18H30O. The molecule has 0 spiro atoms. The van der Waals surface area contributed by atoms with Gasteiger partial charge < -0.3 is 4.74 Å². The summed E-state index contributed by atoms with van der Waals surface area (Å²) in [4.78, 5) is 0. The van der Waals surface area contributed by atoms with Gasteiger partial charge >= 0.3 is 0 Å². The van der Waals surface area contributed by atoms with Crippen molar-refractivity contribution >= 4 is 0 Å². The number of hydrogen-bond acceptors (Lipinski definition) is 1. The van der Waals surface area contributed by atoms with Gasteiger partial charge in [-0.15, -0.1) is 0 Å². The largest absolute Gasteiger partial charge is 0.497 e. The molecule has 2 rings (SSSR count). The fourth-order valence-corrected chi connectivity index (χ4v) is 3.80. The molecule has 108 valence electrons. The molecule has 0 fully saturated rings. The van der Waals surface area contributed by atoms with Gasteiger partial charge in [0, 0.05) is 0 Å². The summed E-state index contributed by atoms with van der Waals surface area (Å²) >= 11 is 0. The highest BCUT2D eigenvalue weighted by molar-refractivity contribution is 5.32. The first-order chi connectivity index (χ1) is 9.36. The molecule has 0 aromatic carbocycles. The molecule has 0 saturated carbocycles. The second-order valence-corrected chi connectivity index (χ2v) is 6.20. The first-order valence-electron chi connectivity index (χ1n) is 8.37. The molecule has 0 aromatic rings. The number of rotatable bonds is 4. The average molecular weight is 262 g/mol. The lowest BCUT2D eigenvalue weighted by molar-refractivity contribution is 0.252. The maximum atomic E-state index is 5.64. The van der Waals surface area contributed by atoms with E-state index in [-0.39, 0.29) is 0 Å². The lowest BCUT2D eigenvalue weighted by Gasteiger charge is -2.28. The number of ether oxygens (including phenoxy) is 1. The van der Waals surface area contributed by atoms with Gasteiger partial charge in [-0.2, -0.15) is 0 Å². The van der Waals surface area contributed by atoms with E-state index in [2.05, 4.69) is 19.9 Å². The predicted molar refractivity (Wildman–Crippen MR) is 82.0 cm³/mol. The van der Waals surface area contributed by atoms with Crippen molar-refractivity contribution in [3.8, 4) is 0 Å². The quantitative estimate of drug-likeness (QED) is 0.638. The van der Waals surface area contributed by atoms with Crippen molar-refractivity contribution in [2.75, 3.05) is 6.61 Å².